The fourth-order valence-electron chi connectivity index (χ4n) is 5.26. The van der Waals surface area contributed by atoms with Crippen molar-refractivity contribution in [3.05, 3.63) is 47.3 Å². The summed E-state index contributed by atoms with van der Waals surface area (Å²) in [6.07, 6.45) is 15.7. The van der Waals surface area contributed by atoms with E-state index in [-0.39, 0.29) is 0 Å². The number of hydrogen-bond donors (Lipinski definition) is 0. The van der Waals surface area contributed by atoms with E-state index < -0.39 is 5.83 Å². The number of nitrogens with zero attached hydrogens (tertiary/aromatic N) is 1. The van der Waals surface area contributed by atoms with Crippen molar-refractivity contribution in [3.63, 3.8) is 0 Å². The van der Waals surface area contributed by atoms with E-state index >= 15 is 0 Å². The van der Waals surface area contributed by atoms with Crippen LogP contribution in [0.3, 0.4) is 0 Å². The smallest absolute Gasteiger partial charge is 0.196 e. The predicted molar refractivity (Wildman–Crippen MR) is 121 cm³/mol. The van der Waals surface area contributed by atoms with Gasteiger partial charge in [-0.3, -0.25) is 0 Å². The third-order valence-corrected chi connectivity index (χ3v) is 7.20. The van der Waals surface area contributed by atoms with E-state index in [1.165, 1.54) is 68.6 Å². The lowest BCUT2D eigenvalue weighted by Crippen LogP contribution is -2.25. The Kier molecular flexibility index (Phi) is 9.40. The van der Waals surface area contributed by atoms with Crippen LogP contribution in [0.5, 0.6) is 0 Å². The summed E-state index contributed by atoms with van der Waals surface area (Å²) in [5, 5.41) is 8.46. The van der Waals surface area contributed by atoms with Crippen LogP contribution < -0.4 is 0 Å². The summed E-state index contributed by atoms with van der Waals surface area (Å²) >= 11 is 0. The Morgan fingerprint density at radius 1 is 1.03 bits per heavy atom. The van der Waals surface area contributed by atoms with Crippen LogP contribution in [0.2, 0.25) is 0 Å². The first-order valence-electron chi connectivity index (χ1n) is 12.1. The van der Waals surface area contributed by atoms with Crippen LogP contribution in [-0.2, 0) is 11.2 Å². The van der Waals surface area contributed by atoms with E-state index in [4.69, 9.17) is 10.00 Å². The topological polar surface area (TPSA) is 33.0 Å². The van der Waals surface area contributed by atoms with Crippen molar-refractivity contribution in [2.45, 2.75) is 96.0 Å². The van der Waals surface area contributed by atoms with Crippen LogP contribution in [0.4, 0.5) is 4.39 Å². The monoisotopic (exact) mass is 411 g/mol. The number of ether oxygens (including phenoxy) is 1. The second-order valence-corrected chi connectivity index (χ2v) is 9.43. The third kappa shape index (κ3) is 7.24. The van der Waals surface area contributed by atoms with Crippen molar-refractivity contribution in [3.8, 4) is 6.07 Å². The maximum atomic E-state index is 12.9. The van der Waals surface area contributed by atoms with Crippen LogP contribution in [-0.4, -0.2) is 12.7 Å². The molecule has 1 aromatic carbocycles. The zero-order valence-corrected chi connectivity index (χ0v) is 18.6. The van der Waals surface area contributed by atoms with Gasteiger partial charge in [-0.1, -0.05) is 37.6 Å². The van der Waals surface area contributed by atoms with Crippen LogP contribution in [0.25, 0.3) is 0 Å². The minimum Gasteiger partial charge on any atom is -0.378 e. The lowest BCUT2D eigenvalue weighted by Gasteiger charge is -2.32. The molecule has 0 aliphatic heterocycles. The molecule has 0 amide bonds. The highest BCUT2D eigenvalue weighted by molar-refractivity contribution is 5.25. The van der Waals surface area contributed by atoms with Gasteiger partial charge in [-0.15, -0.1) is 0 Å². The number of benzene rings is 1. The van der Waals surface area contributed by atoms with E-state index in [2.05, 4.69) is 31.2 Å². The molecule has 0 N–H and O–H groups in total. The lowest BCUT2D eigenvalue weighted by atomic mass is 9.78. The molecule has 2 aliphatic carbocycles. The minimum absolute atomic E-state index is 0.413. The number of rotatable bonds is 9. The van der Waals surface area contributed by atoms with Crippen LogP contribution in [0, 0.1) is 23.2 Å². The molecule has 3 heteroatoms. The van der Waals surface area contributed by atoms with E-state index in [0.29, 0.717) is 18.4 Å². The maximum absolute atomic E-state index is 12.9. The summed E-state index contributed by atoms with van der Waals surface area (Å²) in [5.41, 5.74) is 2.99. The standard InChI is InChI=1S/C27H38FNO/c1-2-4-21-7-13-24(14-8-21)25-15-9-23(10-16-25)20-30-27-17-11-22(12-18-27)5-3-6-26(28)19-29/h6-8,13-14,22-23,25,27H,2-5,9-12,15-18,20H2,1H3. The molecule has 0 saturated heterocycles. The number of hydrogen-bond acceptors (Lipinski definition) is 2. The highest BCUT2D eigenvalue weighted by atomic mass is 19.1. The summed E-state index contributed by atoms with van der Waals surface area (Å²) < 4.78 is 19.2. The molecule has 2 fully saturated rings. The predicted octanol–water partition coefficient (Wildman–Crippen LogP) is 7.65. The number of nitriles is 1. The van der Waals surface area contributed by atoms with Gasteiger partial charge in [-0.2, -0.15) is 9.65 Å². The van der Waals surface area contributed by atoms with Crippen molar-refractivity contribution < 1.29 is 9.13 Å². The minimum atomic E-state index is -0.643. The van der Waals surface area contributed by atoms with Crippen molar-refractivity contribution >= 4 is 0 Å². The molecule has 0 radical (unpaired) electrons. The molecular formula is C27H38FNO. The largest absolute Gasteiger partial charge is 0.378 e. The molecule has 0 heterocycles. The van der Waals surface area contributed by atoms with Crippen molar-refractivity contribution in [2.75, 3.05) is 6.61 Å². The first kappa shape index (κ1) is 23.0. The molecule has 3 rings (SSSR count). The molecule has 0 bridgehead atoms. The fourth-order valence-corrected chi connectivity index (χ4v) is 5.26. The van der Waals surface area contributed by atoms with Gasteiger partial charge in [0.15, 0.2) is 5.83 Å². The van der Waals surface area contributed by atoms with Gasteiger partial charge in [0.25, 0.3) is 0 Å². The average molecular weight is 412 g/mol. The van der Waals surface area contributed by atoms with Crippen molar-refractivity contribution in [2.24, 2.45) is 11.8 Å². The van der Waals surface area contributed by atoms with Crippen LogP contribution in [0.1, 0.15) is 94.6 Å². The first-order chi connectivity index (χ1) is 14.7. The fraction of sp³-hybridized carbons (Fsp3) is 0.667. The Bertz CT molecular complexity index is 689. The number of allylic oxidation sites excluding steroid dienone is 2. The Morgan fingerprint density at radius 2 is 1.70 bits per heavy atom. The van der Waals surface area contributed by atoms with Gasteiger partial charge < -0.3 is 4.74 Å². The van der Waals surface area contributed by atoms with Gasteiger partial charge in [0.05, 0.1) is 6.10 Å². The Hall–Kier alpha value is -1.66. The molecule has 0 aromatic heterocycles. The second-order valence-electron chi connectivity index (χ2n) is 9.43. The molecule has 2 saturated carbocycles. The Morgan fingerprint density at radius 3 is 2.33 bits per heavy atom. The first-order valence-corrected chi connectivity index (χ1v) is 12.1. The van der Waals surface area contributed by atoms with Crippen molar-refractivity contribution in [1.82, 2.24) is 0 Å². The van der Waals surface area contributed by atoms with E-state index in [1.807, 2.05) is 0 Å². The van der Waals surface area contributed by atoms with Gasteiger partial charge in [-0.05, 0) is 106 Å². The molecule has 1 aromatic rings. The van der Waals surface area contributed by atoms with Crippen molar-refractivity contribution in [1.29, 1.82) is 5.26 Å². The molecule has 0 atom stereocenters. The summed E-state index contributed by atoms with van der Waals surface area (Å²) in [5.74, 6) is 1.46. The van der Waals surface area contributed by atoms with E-state index in [9.17, 15) is 4.39 Å². The lowest BCUT2D eigenvalue weighted by molar-refractivity contribution is -0.00824. The quantitative estimate of drug-likeness (QED) is 0.391. The van der Waals surface area contributed by atoms with Gasteiger partial charge in [0.1, 0.15) is 6.07 Å². The normalized spacial score (nSPS) is 27.6. The SMILES string of the molecule is CCCc1ccc(C2CCC(COC3CCC(CCC=C(F)C#N)CC3)CC2)cc1. The molecule has 2 nitrogen and oxygen atoms in total. The zero-order valence-electron chi connectivity index (χ0n) is 18.6. The second kappa shape index (κ2) is 12.3. The summed E-state index contributed by atoms with van der Waals surface area (Å²) in [4.78, 5) is 0. The third-order valence-electron chi connectivity index (χ3n) is 7.20. The van der Waals surface area contributed by atoms with Gasteiger partial charge >= 0.3 is 0 Å². The van der Waals surface area contributed by atoms with Gasteiger partial charge in [-0.25, -0.2) is 0 Å². The number of aryl methyl sites for hydroxylation is 1. The molecule has 30 heavy (non-hydrogen) atoms. The maximum Gasteiger partial charge on any atom is 0.196 e. The molecular weight excluding hydrogens is 373 g/mol. The van der Waals surface area contributed by atoms with Crippen LogP contribution in [0.15, 0.2) is 36.2 Å². The Labute approximate surface area is 182 Å². The summed E-state index contributed by atoms with van der Waals surface area (Å²) in [6, 6.07) is 10.9. The summed E-state index contributed by atoms with van der Waals surface area (Å²) in [7, 11) is 0. The highest BCUT2D eigenvalue weighted by Crippen LogP contribution is 2.37. The van der Waals surface area contributed by atoms with Gasteiger partial charge in [0, 0.05) is 6.61 Å². The Balaban J connectivity index is 1.30. The zero-order chi connectivity index (χ0) is 21.2. The molecule has 164 valence electrons. The summed E-state index contributed by atoms with van der Waals surface area (Å²) in [6.45, 7) is 3.16. The molecule has 0 unspecified atom stereocenters. The van der Waals surface area contributed by atoms with Gasteiger partial charge in [0.2, 0.25) is 0 Å². The molecule has 0 spiro atoms. The highest BCUT2D eigenvalue weighted by Gasteiger charge is 2.25. The van der Waals surface area contributed by atoms with E-state index in [0.717, 1.165) is 37.7 Å². The molecule has 2 aliphatic rings. The van der Waals surface area contributed by atoms with E-state index in [1.54, 1.807) is 6.07 Å². The average Bonchev–Trinajstić information content (AvgIpc) is 2.79. The van der Waals surface area contributed by atoms with Crippen LogP contribution >= 0.6 is 0 Å². The number of halogens is 1.